The van der Waals surface area contributed by atoms with Crippen LogP contribution in [0.1, 0.15) is 38.5 Å². The van der Waals surface area contributed by atoms with E-state index in [4.69, 9.17) is 0 Å². The number of nitro groups is 1. The molecule has 25 heavy (non-hydrogen) atoms. The summed E-state index contributed by atoms with van der Waals surface area (Å²) in [6.45, 7) is 5.95. The Labute approximate surface area is 149 Å². The Morgan fingerprint density at radius 1 is 0.880 bits per heavy atom. The molecule has 2 aliphatic heterocycles. The molecule has 6 nitrogen and oxygen atoms in total. The SMILES string of the molecule is O=[N+]([O-])c1cc(N2CCN(C3CCCC3)CC2)ccc1N1CCCC1. The van der Waals surface area contributed by atoms with Crippen molar-refractivity contribution in [3.63, 3.8) is 0 Å². The highest BCUT2D eigenvalue weighted by atomic mass is 16.6. The fraction of sp³-hybridized carbons (Fsp3) is 0.684. The zero-order valence-electron chi connectivity index (χ0n) is 14.9. The topological polar surface area (TPSA) is 52.9 Å². The van der Waals surface area contributed by atoms with Gasteiger partial charge >= 0.3 is 0 Å². The number of hydrogen-bond acceptors (Lipinski definition) is 5. The smallest absolute Gasteiger partial charge is 0.294 e. The summed E-state index contributed by atoms with van der Waals surface area (Å²) in [6, 6.07) is 6.60. The average molecular weight is 344 g/mol. The Kier molecular flexibility index (Phi) is 4.79. The van der Waals surface area contributed by atoms with Gasteiger partial charge in [-0.3, -0.25) is 15.0 Å². The lowest BCUT2D eigenvalue weighted by molar-refractivity contribution is -0.384. The molecular formula is C19H28N4O2. The lowest BCUT2D eigenvalue weighted by atomic mass is 10.1. The Bertz CT molecular complexity index is 616. The van der Waals surface area contributed by atoms with E-state index in [1.807, 2.05) is 6.07 Å². The van der Waals surface area contributed by atoms with E-state index in [9.17, 15) is 10.1 Å². The quantitative estimate of drug-likeness (QED) is 0.620. The number of piperazine rings is 1. The molecule has 0 amide bonds. The van der Waals surface area contributed by atoms with Gasteiger partial charge in [0.05, 0.1) is 4.92 Å². The van der Waals surface area contributed by atoms with E-state index in [1.54, 1.807) is 6.07 Å². The highest BCUT2D eigenvalue weighted by Gasteiger charge is 2.28. The third kappa shape index (κ3) is 3.45. The van der Waals surface area contributed by atoms with Crippen molar-refractivity contribution < 1.29 is 4.92 Å². The molecule has 3 aliphatic rings. The molecule has 1 aromatic carbocycles. The molecule has 0 atom stereocenters. The van der Waals surface area contributed by atoms with Gasteiger partial charge in [-0.2, -0.15) is 0 Å². The van der Waals surface area contributed by atoms with Crippen molar-refractivity contribution in [2.75, 3.05) is 49.1 Å². The molecule has 2 heterocycles. The summed E-state index contributed by atoms with van der Waals surface area (Å²) < 4.78 is 0. The number of benzene rings is 1. The fourth-order valence-electron chi connectivity index (χ4n) is 4.69. The van der Waals surface area contributed by atoms with Gasteiger partial charge in [-0.05, 0) is 37.8 Å². The minimum atomic E-state index is -0.216. The molecule has 1 aliphatic carbocycles. The predicted molar refractivity (Wildman–Crippen MR) is 101 cm³/mol. The molecule has 0 aromatic heterocycles. The first kappa shape index (κ1) is 16.6. The van der Waals surface area contributed by atoms with Crippen LogP contribution in [0.3, 0.4) is 0 Å². The van der Waals surface area contributed by atoms with Crippen molar-refractivity contribution in [2.45, 2.75) is 44.6 Å². The van der Waals surface area contributed by atoms with Gasteiger partial charge in [0.25, 0.3) is 5.69 Å². The molecule has 1 aromatic rings. The highest BCUT2D eigenvalue weighted by Crippen LogP contribution is 2.35. The second kappa shape index (κ2) is 7.20. The van der Waals surface area contributed by atoms with E-state index in [1.165, 1.54) is 25.7 Å². The first-order valence-corrected chi connectivity index (χ1v) is 9.75. The maximum atomic E-state index is 11.6. The van der Waals surface area contributed by atoms with E-state index in [0.717, 1.165) is 69.5 Å². The molecule has 1 saturated carbocycles. The standard InChI is InChI=1S/C19H28N4O2/c24-23(25)19-15-17(7-8-18(19)22-9-3-4-10-22)21-13-11-20(12-14-21)16-5-1-2-6-16/h7-8,15-16H,1-6,9-14H2. The van der Waals surface area contributed by atoms with Crippen molar-refractivity contribution in [1.29, 1.82) is 0 Å². The third-order valence-corrected chi connectivity index (χ3v) is 6.12. The van der Waals surface area contributed by atoms with Crippen LogP contribution in [-0.4, -0.2) is 55.1 Å². The molecule has 0 spiro atoms. The molecule has 0 N–H and O–H groups in total. The lowest BCUT2D eigenvalue weighted by Crippen LogP contribution is -2.49. The van der Waals surface area contributed by atoms with Crippen molar-refractivity contribution in [2.24, 2.45) is 0 Å². The maximum absolute atomic E-state index is 11.6. The summed E-state index contributed by atoms with van der Waals surface area (Å²) in [5, 5.41) is 11.6. The van der Waals surface area contributed by atoms with E-state index < -0.39 is 0 Å². The van der Waals surface area contributed by atoms with Gasteiger partial charge in [-0.15, -0.1) is 0 Å². The Morgan fingerprint density at radius 2 is 1.56 bits per heavy atom. The van der Waals surface area contributed by atoms with Gasteiger partial charge in [0, 0.05) is 57.1 Å². The van der Waals surface area contributed by atoms with Crippen LogP contribution in [-0.2, 0) is 0 Å². The van der Waals surface area contributed by atoms with Crippen molar-refractivity contribution >= 4 is 17.1 Å². The number of nitro benzene ring substituents is 1. The summed E-state index contributed by atoms with van der Waals surface area (Å²) in [4.78, 5) is 18.5. The number of anilines is 2. The van der Waals surface area contributed by atoms with Gasteiger partial charge in [0.2, 0.25) is 0 Å². The van der Waals surface area contributed by atoms with E-state index in [2.05, 4.69) is 20.8 Å². The third-order valence-electron chi connectivity index (χ3n) is 6.12. The first-order chi connectivity index (χ1) is 12.2. The average Bonchev–Trinajstić information content (AvgIpc) is 3.35. The first-order valence-electron chi connectivity index (χ1n) is 9.75. The van der Waals surface area contributed by atoms with Gasteiger partial charge in [0.15, 0.2) is 0 Å². The summed E-state index contributed by atoms with van der Waals surface area (Å²) in [6.07, 6.45) is 7.68. The molecule has 2 saturated heterocycles. The van der Waals surface area contributed by atoms with Crippen molar-refractivity contribution in [3.05, 3.63) is 28.3 Å². The normalized spacial score (nSPS) is 22.7. The number of rotatable bonds is 4. The van der Waals surface area contributed by atoms with Gasteiger partial charge in [-0.25, -0.2) is 0 Å². The lowest BCUT2D eigenvalue weighted by Gasteiger charge is -2.39. The van der Waals surface area contributed by atoms with Crippen LogP contribution < -0.4 is 9.80 Å². The van der Waals surface area contributed by atoms with E-state index >= 15 is 0 Å². The second-order valence-corrected chi connectivity index (χ2v) is 7.59. The van der Waals surface area contributed by atoms with Crippen LogP contribution in [0.15, 0.2) is 18.2 Å². The molecule has 0 unspecified atom stereocenters. The molecule has 6 heteroatoms. The van der Waals surface area contributed by atoms with Gasteiger partial charge in [-0.1, -0.05) is 12.8 Å². The summed E-state index contributed by atoms with van der Waals surface area (Å²) in [5.74, 6) is 0. The number of nitrogens with zero attached hydrogens (tertiary/aromatic N) is 4. The summed E-state index contributed by atoms with van der Waals surface area (Å²) in [5.41, 5.74) is 2.05. The molecule has 0 bridgehead atoms. The monoisotopic (exact) mass is 344 g/mol. The Morgan fingerprint density at radius 3 is 2.20 bits per heavy atom. The minimum absolute atomic E-state index is 0.216. The largest absolute Gasteiger partial charge is 0.369 e. The highest BCUT2D eigenvalue weighted by molar-refractivity contribution is 5.70. The molecule has 0 radical (unpaired) electrons. The Hall–Kier alpha value is -1.82. The minimum Gasteiger partial charge on any atom is -0.369 e. The Balaban J connectivity index is 1.47. The second-order valence-electron chi connectivity index (χ2n) is 7.59. The molecular weight excluding hydrogens is 316 g/mol. The van der Waals surface area contributed by atoms with E-state index in [-0.39, 0.29) is 10.6 Å². The van der Waals surface area contributed by atoms with Crippen LogP contribution in [0.4, 0.5) is 17.1 Å². The van der Waals surface area contributed by atoms with Crippen molar-refractivity contribution in [3.8, 4) is 0 Å². The van der Waals surface area contributed by atoms with Crippen LogP contribution in [0.5, 0.6) is 0 Å². The van der Waals surface area contributed by atoms with Crippen molar-refractivity contribution in [1.82, 2.24) is 4.90 Å². The number of hydrogen-bond donors (Lipinski definition) is 0. The molecule has 3 fully saturated rings. The summed E-state index contributed by atoms with van der Waals surface area (Å²) in [7, 11) is 0. The van der Waals surface area contributed by atoms with Gasteiger partial charge in [0.1, 0.15) is 5.69 Å². The predicted octanol–water partition coefficient (Wildman–Crippen LogP) is 3.26. The fourth-order valence-corrected chi connectivity index (χ4v) is 4.69. The van der Waals surface area contributed by atoms with Gasteiger partial charge < -0.3 is 9.80 Å². The van der Waals surface area contributed by atoms with Crippen LogP contribution in [0.25, 0.3) is 0 Å². The molecule has 4 rings (SSSR count). The summed E-state index contributed by atoms with van der Waals surface area (Å²) >= 11 is 0. The molecule has 136 valence electrons. The van der Waals surface area contributed by atoms with E-state index in [0.29, 0.717) is 0 Å². The van der Waals surface area contributed by atoms with Crippen LogP contribution in [0, 0.1) is 10.1 Å². The zero-order valence-corrected chi connectivity index (χ0v) is 14.9. The van der Waals surface area contributed by atoms with Crippen LogP contribution in [0.2, 0.25) is 0 Å². The van der Waals surface area contributed by atoms with Crippen LogP contribution >= 0.6 is 0 Å². The maximum Gasteiger partial charge on any atom is 0.294 e. The zero-order chi connectivity index (χ0) is 17.2.